The maximum atomic E-state index is 12.7. The molecule has 1 aromatic carbocycles. The number of hydrogen-bond donors (Lipinski definition) is 0. The highest BCUT2D eigenvalue weighted by molar-refractivity contribution is 5.83. The third-order valence-corrected chi connectivity index (χ3v) is 4.52. The zero-order chi connectivity index (χ0) is 18.8. The van der Waals surface area contributed by atoms with Crippen LogP contribution in [0, 0.1) is 0 Å². The summed E-state index contributed by atoms with van der Waals surface area (Å²) in [5.74, 6) is 0. The van der Waals surface area contributed by atoms with Gasteiger partial charge < -0.3 is 4.74 Å². The van der Waals surface area contributed by atoms with Crippen LogP contribution >= 0.6 is 0 Å². The lowest BCUT2D eigenvalue weighted by Gasteiger charge is -2.06. The van der Waals surface area contributed by atoms with E-state index in [-0.39, 0.29) is 11.1 Å². The Morgan fingerprint density at radius 1 is 1.11 bits per heavy atom. The van der Waals surface area contributed by atoms with Crippen molar-refractivity contribution in [3.63, 3.8) is 0 Å². The Kier molecular flexibility index (Phi) is 4.64. The summed E-state index contributed by atoms with van der Waals surface area (Å²) in [6.45, 7) is 3.14. The van der Waals surface area contributed by atoms with Gasteiger partial charge in [0.15, 0.2) is 16.8 Å². The molecule has 0 aliphatic heterocycles. The summed E-state index contributed by atoms with van der Waals surface area (Å²) >= 11 is 0. The molecule has 0 spiro atoms. The van der Waals surface area contributed by atoms with E-state index in [4.69, 9.17) is 4.74 Å². The standard InChI is InChI=1S/C19H20N6O2/c1-3-14-15(13-8-5-4-6-9-13)17-22-21-16-18(25(17)23-14)20-12-24(19(16)26)10-7-11-27-2/h4-6,8-9,12H,3,7,10-11H2,1-2H3. The third-order valence-electron chi connectivity index (χ3n) is 4.52. The van der Waals surface area contributed by atoms with Gasteiger partial charge in [0.1, 0.15) is 6.33 Å². The first-order chi connectivity index (χ1) is 13.2. The predicted octanol–water partition coefficient (Wildman–Crippen LogP) is 2.10. The van der Waals surface area contributed by atoms with Gasteiger partial charge in [-0.3, -0.25) is 9.36 Å². The molecule has 0 N–H and O–H groups in total. The number of aromatic nitrogens is 6. The maximum absolute atomic E-state index is 12.7. The van der Waals surface area contributed by atoms with E-state index >= 15 is 0 Å². The van der Waals surface area contributed by atoms with Gasteiger partial charge in [0.2, 0.25) is 0 Å². The lowest BCUT2D eigenvalue weighted by Crippen LogP contribution is -2.23. The van der Waals surface area contributed by atoms with E-state index in [1.54, 1.807) is 11.6 Å². The van der Waals surface area contributed by atoms with Crippen LogP contribution in [0.25, 0.3) is 27.9 Å². The molecule has 8 nitrogen and oxygen atoms in total. The molecule has 3 aromatic heterocycles. The smallest absolute Gasteiger partial charge is 0.283 e. The fraction of sp³-hybridized carbons (Fsp3) is 0.316. The van der Waals surface area contributed by atoms with Crippen LogP contribution in [0.15, 0.2) is 41.5 Å². The summed E-state index contributed by atoms with van der Waals surface area (Å²) in [6, 6.07) is 9.95. The average molecular weight is 364 g/mol. The van der Waals surface area contributed by atoms with Gasteiger partial charge in [-0.05, 0) is 18.4 Å². The summed E-state index contributed by atoms with van der Waals surface area (Å²) in [6.07, 6.45) is 3.00. The van der Waals surface area contributed by atoms with Crippen LogP contribution in [0.2, 0.25) is 0 Å². The fourth-order valence-corrected chi connectivity index (χ4v) is 3.19. The minimum absolute atomic E-state index is 0.215. The quantitative estimate of drug-likeness (QED) is 0.487. The Bertz CT molecular complexity index is 1150. The van der Waals surface area contributed by atoms with Gasteiger partial charge in [-0.25, -0.2) is 4.98 Å². The van der Waals surface area contributed by atoms with Crippen molar-refractivity contribution in [2.75, 3.05) is 13.7 Å². The van der Waals surface area contributed by atoms with Crippen molar-refractivity contribution in [2.24, 2.45) is 0 Å². The van der Waals surface area contributed by atoms with Crippen molar-refractivity contribution in [1.29, 1.82) is 0 Å². The molecule has 0 unspecified atom stereocenters. The average Bonchev–Trinajstić information content (AvgIpc) is 3.09. The Labute approximate surface area is 155 Å². The van der Waals surface area contributed by atoms with Crippen LogP contribution in [0.3, 0.4) is 0 Å². The Balaban J connectivity index is 1.91. The second-order valence-electron chi connectivity index (χ2n) is 6.24. The fourth-order valence-electron chi connectivity index (χ4n) is 3.19. The van der Waals surface area contributed by atoms with Crippen molar-refractivity contribution in [2.45, 2.75) is 26.3 Å². The number of ether oxygens (including phenoxy) is 1. The Morgan fingerprint density at radius 2 is 1.93 bits per heavy atom. The molecule has 0 aliphatic carbocycles. The summed E-state index contributed by atoms with van der Waals surface area (Å²) < 4.78 is 8.20. The first-order valence-electron chi connectivity index (χ1n) is 8.92. The second-order valence-corrected chi connectivity index (χ2v) is 6.24. The SMILES string of the molecule is CCc1nn2c(nnc3c(=O)n(CCCOC)cnc32)c1-c1ccccc1. The van der Waals surface area contributed by atoms with Crippen molar-refractivity contribution in [3.05, 3.63) is 52.7 Å². The lowest BCUT2D eigenvalue weighted by atomic mass is 10.0. The van der Waals surface area contributed by atoms with Gasteiger partial charge in [-0.15, -0.1) is 10.2 Å². The van der Waals surface area contributed by atoms with Gasteiger partial charge in [-0.1, -0.05) is 37.3 Å². The van der Waals surface area contributed by atoms with Gasteiger partial charge >= 0.3 is 0 Å². The zero-order valence-corrected chi connectivity index (χ0v) is 15.3. The van der Waals surface area contributed by atoms with Crippen molar-refractivity contribution in [3.8, 4) is 11.1 Å². The molecule has 4 aromatic rings. The highest BCUT2D eigenvalue weighted by Gasteiger charge is 2.19. The topological polar surface area (TPSA) is 87.2 Å². The largest absolute Gasteiger partial charge is 0.385 e. The molecule has 138 valence electrons. The van der Waals surface area contributed by atoms with Crippen molar-refractivity contribution >= 4 is 16.8 Å². The number of nitrogens with zero attached hydrogens (tertiary/aromatic N) is 6. The predicted molar refractivity (Wildman–Crippen MR) is 102 cm³/mol. The highest BCUT2D eigenvalue weighted by Crippen LogP contribution is 2.28. The molecule has 0 fully saturated rings. The first-order valence-corrected chi connectivity index (χ1v) is 8.92. The molecule has 0 bridgehead atoms. The van der Waals surface area contributed by atoms with Crippen molar-refractivity contribution in [1.82, 2.24) is 29.4 Å². The summed E-state index contributed by atoms with van der Waals surface area (Å²) in [5.41, 5.74) is 3.87. The van der Waals surface area contributed by atoms with Crippen LogP contribution in [-0.2, 0) is 17.7 Å². The molecule has 0 radical (unpaired) electrons. The van der Waals surface area contributed by atoms with E-state index in [1.807, 2.05) is 37.3 Å². The summed E-state index contributed by atoms with van der Waals surface area (Å²) in [5, 5.41) is 13.2. The molecule has 27 heavy (non-hydrogen) atoms. The Hall–Kier alpha value is -3.13. The van der Waals surface area contributed by atoms with Crippen LogP contribution in [0.5, 0.6) is 0 Å². The monoisotopic (exact) mass is 364 g/mol. The molecular formula is C19H20N6O2. The summed E-state index contributed by atoms with van der Waals surface area (Å²) in [4.78, 5) is 17.2. The molecule has 8 heteroatoms. The Morgan fingerprint density at radius 3 is 2.67 bits per heavy atom. The van der Waals surface area contributed by atoms with Crippen LogP contribution < -0.4 is 5.56 Å². The maximum Gasteiger partial charge on any atom is 0.283 e. The summed E-state index contributed by atoms with van der Waals surface area (Å²) in [7, 11) is 1.64. The van der Waals surface area contributed by atoms with Gasteiger partial charge in [0.05, 0.1) is 11.3 Å². The number of fused-ring (bicyclic) bond motifs is 3. The molecule has 4 rings (SSSR count). The molecule has 0 atom stereocenters. The van der Waals surface area contributed by atoms with Crippen LogP contribution in [0.4, 0.5) is 0 Å². The minimum atomic E-state index is -0.222. The zero-order valence-electron chi connectivity index (χ0n) is 15.3. The molecule has 0 amide bonds. The van der Waals surface area contributed by atoms with Gasteiger partial charge in [0, 0.05) is 20.3 Å². The number of methoxy groups -OCH3 is 1. The minimum Gasteiger partial charge on any atom is -0.385 e. The second kappa shape index (κ2) is 7.24. The molecule has 0 saturated heterocycles. The lowest BCUT2D eigenvalue weighted by molar-refractivity contribution is 0.190. The third kappa shape index (κ3) is 2.97. The normalized spacial score (nSPS) is 11.5. The van der Waals surface area contributed by atoms with E-state index in [1.165, 1.54) is 10.9 Å². The number of aryl methyl sites for hydroxylation is 2. The molecule has 0 saturated carbocycles. The van der Waals surface area contributed by atoms with E-state index in [9.17, 15) is 4.79 Å². The van der Waals surface area contributed by atoms with E-state index in [0.717, 1.165) is 29.7 Å². The number of hydrogen-bond acceptors (Lipinski definition) is 6. The number of rotatable bonds is 6. The highest BCUT2D eigenvalue weighted by atomic mass is 16.5. The first kappa shape index (κ1) is 17.3. The van der Waals surface area contributed by atoms with E-state index < -0.39 is 0 Å². The van der Waals surface area contributed by atoms with Crippen molar-refractivity contribution < 1.29 is 4.74 Å². The van der Waals surface area contributed by atoms with E-state index in [2.05, 4.69) is 20.3 Å². The van der Waals surface area contributed by atoms with E-state index in [0.29, 0.717) is 24.4 Å². The molecule has 3 heterocycles. The van der Waals surface area contributed by atoms with Gasteiger partial charge in [0.25, 0.3) is 5.56 Å². The number of benzene rings is 1. The molecule has 0 aliphatic rings. The van der Waals surface area contributed by atoms with Crippen LogP contribution in [-0.4, -0.2) is 43.1 Å². The van der Waals surface area contributed by atoms with Crippen LogP contribution in [0.1, 0.15) is 19.0 Å². The van der Waals surface area contributed by atoms with Gasteiger partial charge in [-0.2, -0.15) is 9.61 Å². The molecular weight excluding hydrogens is 344 g/mol.